The highest BCUT2D eigenvalue weighted by Gasteiger charge is 2.45. The number of hydrogen-bond acceptors (Lipinski definition) is 9. The number of aliphatic hydroxyl groups excluding tert-OH is 7. The highest BCUT2D eigenvalue weighted by atomic mass is 16.7. The first-order chi connectivity index (χ1) is 14.0. The van der Waals surface area contributed by atoms with Crippen molar-refractivity contribution in [3.05, 3.63) is 24.3 Å². The Bertz CT molecular complexity index is 638. The molecule has 1 heterocycles. The topological polar surface area (TPSA) is 160 Å². The molecule has 29 heavy (non-hydrogen) atoms. The van der Waals surface area contributed by atoms with Crippen LogP contribution in [0.1, 0.15) is 12.8 Å². The lowest BCUT2D eigenvalue weighted by Gasteiger charge is -2.40. The molecule has 9 heteroatoms. The molecule has 0 aromatic heterocycles. The minimum atomic E-state index is -1.62. The van der Waals surface area contributed by atoms with Crippen molar-refractivity contribution < 1.29 is 45.2 Å². The Labute approximate surface area is 169 Å². The summed E-state index contributed by atoms with van der Waals surface area (Å²) in [5.74, 6) is 9.88. The molecular weight excluding hydrogens is 384 g/mol. The fourth-order valence-electron chi connectivity index (χ4n) is 2.38. The predicted molar refractivity (Wildman–Crippen MR) is 102 cm³/mol. The lowest BCUT2D eigenvalue weighted by molar-refractivity contribution is -0.311. The van der Waals surface area contributed by atoms with E-state index in [1.54, 1.807) is 6.08 Å². The van der Waals surface area contributed by atoms with E-state index in [-0.39, 0.29) is 13.2 Å². The summed E-state index contributed by atoms with van der Waals surface area (Å²) in [6, 6.07) is 0. The van der Waals surface area contributed by atoms with E-state index >= 15 is 0 Å². The number of aliphatic hydroxyl groups is 7. The van der Waals surface area contributed by atoms with Gasteiger partial charge in [-0.1, -0.05) is 30.1 Å². The van der Waals surface area contributed by atoms with E-state index in [1.165, 1.54) is 18.2 Å². The molecule has 1 rings (SSSR count). The molecule has 1 aliphatic heterocycles. The van der Waals surface area contributed by atoms with Crippen LogP contribution in [-0.4, -0.2) is 98.5 Å². The Morgan fingerprint density at radius 3 is 2.41 bits per heavy atom. The van der Waals surface area contributed by atoms with Gasteiger partial charge >= 0.3 is 0 Å². The predicted octanol–water partition coefficient (Wildman–Crippen LogP) is -2.58. The number of rotatable bonds is 9. The van der Waals surface area contributed by atoms with Gasteiger partial charge in [0, 0.05) is 6.61 Å². The maximum atomic E-state index is 10.3. The molecule has 0 bridgehead atoms. The zero-order valence-corrected chi connectivity index (χ0v) is 15.8. The molecule has 1 saturated heterocycles. The minimum absolute atomic E-state index is 0.0120. The number of allylic oxidation sites excluding steroid dienone is 2. The Hall–Kier alpha value is -1.76. The van der Waals surface area contributed by atoms with Crippen LogP contribution < -0.4 is 0 Å². The van der Waals surface area contributed by atoms with E-state index in [1.807, 2.05) is 0 Å². The molecular formula is C20H28O9. The highest BCUT2D eigenvalue weighted by molar-refractivity contribution is 5.32. The summed E-state index contributed by atoms with van der Waals surface area (Å²) in [4.78, 5) is 0. The van der Waals surface area contributed by atoms with Crippen molar-refractivity contribution in [2.75, 3.05) is 19.8 Å². The molecule has 1 aliphatic rings. The van der Waals surface area contributed by atoms with Gasteiger partial charge in [0.15, 0.2) is 6.29 Å². The average molecular weight is 412 g/mol. The maximum absolute atomic E-state index is 10.3. The molecule has 9 nitrogen and oxygen atoms in total. The quantitative estimate of drug-likeness (QED) is 0.123. The number of ether oxygens (including phenoxy) is 2. The molecule has 0 aromatic carbocycles. The molecule has 0 radical (unpaired) electrons. The van der Waals surface area contributed by atoms with Crippen molar-refractivity contribution in [1.29, 1.82) is 0 Å². The van der Waals surface area contributed by atoms with E-state index in [0.717, 1.165) is 0 Å². The van der Waals surface area contributed by atoms with Crippen molar-refractivity contribution >= 4 is 0 Å². The third-order valence-electron chi connectivity index (χ3n) is 3.97. The number of unbranched alkanes of at least 4 members (excludes halogenated alkanes) is 1. The molecule has 1 fully saturated rings. The molecule has 0 aliphatic carbocycles. The van der Waals surface area contributed by atoms with Gasteiger partial charge in [-0.05, 0) is 30.8 Å². The van der Waals surface area contributed by atoms with Crippen LogP contribution in [0.5, 0.6) is 0 Å². The van der Waals surface area contributed by atoms with Gasteiger partial charge in [0.1, 0.15) is 36.6 Å². The summed E-state index contributed by atoms with van der Waals surface area (Å²) in [5, 5.41) is 66.8. The van der Waals surface area contributed by atoms with Gasteiger partial charge in [0.05, 0.1) is 13.2 Å². The first-order valence-electron chi connectivity index (χ1n) is 9.14. The fraction of sp³-hybridized carbons (Fsp3) is 0.600. The fourth-order valence-corrected chi connectivity index (χ4v) is 2.38. The van der Waals surface area contributed by atoms with Crippen molar-refractivity contribution in [2.24, 2.45) is 0 Å². The lowest BCUT2D eigenvalue weighted by atomic mass is 9.99. The average Bonchev–Trinajstić information content (AvgIpc) is 2.72. The summed E-state index contributed by atoms with van der Waals surface area (Å²) < 4.78 is 10.8. The highest BCUT2D eigenvalue weighted by Crippen LogP contribution is 2.23. The van der Waals surface area contributed by atoms with Crippen molar-refractivity contribution in [1.82, 2.24) is 0 Å². The van der Waals surface area contributed by atoms with Crippen LogP contribution >= 0.6 is 0 Å². The van der Waals surface area contributed by atoms with Crippen LogP contribution in [0.25, 0.3) is 0 Å². The van der Waals surface area contributed by atoms with Crippen LogP contribution in [0.15, 0.2) is 24.3 Å². The SMILES string of the molecule is OCC=CC#CC#CC(O)C(C=CCCCO)OC1OC(CO)C(O)C(O)C1O. The summed E-state index contributed by atoms with van der Waals surface area (Å²) in [5.41, 5.74) is 0. The number of hydrogen-bond donors (Lipinski definition) is 7. The molecule has 7 unspecified atom stereocenters. The normalized spacial score (nSPS) is 29.1. The van der Waals surface area contributed by atoms with Gasteiger partial charge in [-0.25, -0.2) is 0 Å². The molecule has 0 saturated carbocycles. The monoisotopic (exact) mass is 412 g/mol. The molecule has 7 N–H and O–H groups in total. The Kier molecular flexibility index (Phi) is 12.4. The Morgan fingerprint density at radius 1 is 1.00 bits per heavy atom. The maximum Gasteiger partial charge on any atom is 0.187 e. The van der Waals surface area contributed by atoms with Crippen molar-refractivity contribution in [3.8, 4) is 23.7 Å². The zero-order valence-electron chi connectivity index (χ0n) is 15.8. The molecule has 162 valence electrons. The van der Waals surface area contributed by atoms with Gasteiger partial charge in [0.25, 0.3) is 0 Å². The smallest absolute Gasteiger partial charge is 0.187 e. The third kappa shape index (κ3) is 8.64. The Morgan fingerprint density at radius 2 is 1.76 bits per heavy atom. The first-order valence-corrected chi connectivity index (χ1v) is 9.14. The van der Waals surface area contributed by atoms with Gasteiger partial charge in [-0.3, -0.25) is 0 Å². The van der Waals surface area contributed by atoms with Crippen LogP contribution in [0.2, 0.25) is 0 Å². The molecule has 7 atom stereocenters. The summed E-state index contributed by atoms with van der Waals surface area (Å²) in [7, 11) is 0. The second kappa shape index (κ2) is 14.3. The van der Waals surface area contributed by atoms with Gasteiger partial charge in [0.2, 0.25) is 0 Å². The molecule has 0 amide bonds. The zero-order chi connectivity index (χ0) is 21.6. The van der Waals surface area contributed by atoms with Gasteiger partial charge < -0.3 is 45.2 Å². The first kappa shape index (κ1) is 25.3. The second-order valence-corrected chi connectivity index (χ2v) is 6.16. The van der Waals surface area contributed by atoms with Gasteiger partial charge in [-0.15, -0.1) is 0 Å². The van der Waals surface area contributed by atoms with Crippen molar-refractivity contribution in [2.45, 2.75) is 55.8 Å². The van der Waals surface area contributed by atoms with Crippen LogP contribution in [0.3, 0.4) is 0 Å². The van der Waals surface area contributed by atoms with Crippen LogP contribution in [0.4, 0.5) is 0 Å². The van der Waals surface area contributed by atoms with Crippen molar-refractivity contribution in [3.63, 3.8) is 0 Å². The second-order valence-electron chi connectivity index (χ2n) is 6.16. The van der Waals surface area contributed by atoms with E-state index in [2.05, 4.69) is 23.7 Å². The van der Waals surface area contributed by atoms with E-state index in [4.69, 9.17) is 19.7 Å². The lowest BCUT2D eigenvalue weighted by Crippen LogP contribution is -2.60. The standard InChI is InChI=1S/C20H28O9/c21-11-7-3-1-2-5-9-14(24)15(10-6-4-8-12-22)28-20-19(27)18(26)17(25)16(13-23)29-20/h3,6-7,10,14-27H,4,8,11-13H2. The minimum Gasteiger partial charge on any atom is -0.396 e. The van der Waals surface area contributed by atoms with E-state index in [0.29, 0.717) is 12.8 Å². The van der Waals surface area contributed by atoms with Crippen LogP contribution in [0, 0.1) is 23.7 Å². The van der Waals surface area contributed by atoms with Crippen LogP contribution in [-0.2, 0) is 9.47 Å². The summed E-state index contributed by atoms with van der Waals surface area (Å²) in [6.45, 7) is -0.776. The summed E-state index contributed by atoms with van der Waals surface area (Å²) >= 11 is 0. The largest absolute Gasteiger partial charge is 0.396 e. The Balaban J connectivity index is 2.90. The summed E-state index contributed by atoms with van der Waals surface area (Å²) in [6.07, 6.45) is -2.88. The van der Waals surface area contributed by atoms with E-state index < -0.39 is 49.5 Å². The van der Waals surface area contributed by atoms with Gasteiger partial charge in [-0.2, -0.15) is 0 Å². The van der Waals surface area contributed by atoms with E-state index in [9.17, 15) is 25.5 Å². The molecule has 0 aromatic rings. The molecule has 0 spiro atoms. The third-order valence-corrected chi connectivity index (χ3v) is 3.97.